The van der Waals surface area contributed by atoms with Crippen LogP contribution in [0.1, 0.15) is 23.1 Å². The van der Waals surface area contributed by atoms with Crippen LogP contribution < -0.4 is 0 Å². The zero-order chi connectivity index (χ0) is 15.1. The Labute approximate surface area is 134 Å². The molecular weight excluding hydrogens is 331 g/mol. The maximum atomic E-state index is 11.6. The number of imidazole rings is 1. The second-order valence-corrected chi connectivity index (χ2v) is 6.08. The largest absolute Gasteiger partial charge is 0.477 e. The maximum absolute atomic E-state index is 11.6. The fourth-order valence-corrected chi connectivity index (χ4v) is 3.44. The Kier molecular flexibility index (Phi) is 3.65. The summed E-state index contributed by atoms with van der Waals surface area (Å²) in [5.74, 6) is -0.987. The van der Waals surface area contributed by atoms with E-state index in [4.69, 9.17) is 23.2 Å². The molecule has 108 valence electrons. The predicted molar refractivity (Wildman–Crippen MR) is 84.9 cm³/mol. The number of halogens is 2. The number of carboxylic acids is 1. The molecule has 21 heavy (non-hydrogen) atoms. The number of benzene rings is 1. The Balaban J connectivity index is 2.30. The van der Waals surface area contributed by atoms with E-state index < -0.39 is 5.97 Å². The lowest BCUT2D eigenvalue weighted by atomic mass is 10.1. The van der Waals surface area contributed by atoms with Crippen molar-refractivity contribution in [2.45, 2.75) is 13.3 Å². The molecule has 0 saturated carbocycles. The number of carboxylic acid groups (broad SMARTS) is 1. The first-order valence-electron chi connectivity index (χ1n) is 6.20. The van der Waals surface area contributed by atoms with Gasteiger partial charge in [-0.2, -0.15) is 0 Å². The van der Waals surface area contributed by atoms with Gasteiger partial charge in [-0.15, -0.1) is 11.3 Å². The highest BCUT2D eigenvalue weighted by Gasteiger charge is 2.21. The number of thiazole rings is 1. The molecule has 0 atom stereocenters. The van der Waals surface area contributed by atoms with Gasteiger partial charge in [0.05, 0.1) is 21.4 Å². The van der Waals surface area contributed by atoms with Crippen LogP contribution in [0.3, 0.4) is 0 Å². The first-order chi connectivity index (χ1) is 10.0. The van der Waals surface area contributed by atoms with Crippen LogP contribution in [0.5, 0.6) is 0 Å². The van der Waals surface area contributed by atoms with Gasteiger partial charge >= 0.3 is 5.97 Å². The standard InChI is InChI=1S/C14H10Cl2N2O2S/c1-2-10-12(13(19)20)18-11(6-21-14(18)17-10)7-3-4-8(15)9(16)5-7/h3-6H,2H2,1H3,(H,19,20). The van der Waals surface area contributed by atoms with E-state index in [9.17, 15) is 9.90 Å². The van der Waals surface area contributed by atoms with Crippen molar-refractivity contribution in [1.29, 1.82) is 0 Å². The van der Waals surface area contributed by atoms with E-state index in [1.165, 1.54) is 11.3 Å². The summed E-state index contributed by atoms with van der Waals surface area (Å²) in [6.07, 6.45) is 0.566. The highest BCUT2D eigenvalue weighted by molar-refractivity contribution is 7.15. The van der Waals surface area contributed by atoms with Crippen LogP contribution in [0.4, 0.5) is 0 Å². The highest BCUT2D eigenvalue weighted by atomic mass is 35.5. The van der Waals surface area contributed by atoms with Gasteiger partial charge in [0.2, 0.25) is 0 Å². The van der Waals surface area contributed by atoms with Gasteiger partial charge in [0.15, 0.2) is 10.7 Å². The Hall–Kier alpha value is -1.56. The van der Waals surface area contributed by atoms with E-state index in [1.807, 2.05) is 18.4 Å². The Morgan fingerprint density at radius 1 is 1.38 bits per heavy atom. The number of aryl methyl sites for hydroxylation is 1. The summed E-state index contributed by atoms with van der Waals surface area (Å²) in [6, 6.07) is 5.23. The molecular formula is C14H10Cl2N2O2S. The van der Waals surface area contributed by atoms with Crippen molar-refractivity contribution >= 4 is 45.5 Å². The molecule has 0 spiro atoms. The number of fused-ring (bicyclic) bond motifs is 1. The molecule has 0 bridgehead atoms. The third kappa shape index (κ3) is 2.31. The van der Waals surface area contributed by atoms with E-state index >= 15 is 0 Å². The van der Waals surface area contributed by atoms with Gasteiger partial charge < -0.3 is 5.11 Å². The van der Waals surface area contributed by atoms with Crippen LogP contribution in [0.25, 0.3) is 16.2 Å². The molecule has 7 heteroatoms. The van der Waals surface area contributed by atoms with E-state index in [-0.39, 0.29) is 5.69 Å². The van der Waals surface area contributed by atoms with Gasteiger partial charge in [0, 0.05) is 10.9 Å². The van der Waals surface area contributed by atoms with E-state index in [2.05, 4.69) is 4.98 Å². The first kappa shape index (κ1) is 14.4. The SMILES string of the molecule is CCc1nc2scc(-c3ccc(Cl)c(Cl)c3)n2c1C(=O)O. The van der Waals surface area contributed by atoms with E-state index in [0.29, 0.717) is 27.1 Å². The minimum absolute atomic E-state index is 0.204. The molecule has 1 aromatic carbocycles. The molecule has 3 aromatic rings. The molecule has 0 unspecified atom stereocenters. The molecule has 2 aromatic heterocycles. The molecule has 4 nitrogen and oxygen atoms in total. The molecule has 0 aliphatic carbocycles. The van der Waals surface area contributed by atoms with Gasteiger partial charge in [-0.25, -0.2) is 9.78 Å². The van der Waals surface area contributed by atoms with Crippen molar-refractivity contribution in [2.75, 3.05) is 0 Å². The summed E-state index contributed by atoms with van der Waals surface area (Å²) >= 11 is 13.4. The number of aromatic nitrogens is 2. The number of hydrogen-bond acceptors (Lipinski definition) is 3. The third-order valence-corrected chi connectivity index (χ3v) is 4.75. The molecule has 0 radical (unpaired) electrons. The van der Waals surface area contributed by atoms with Gasteiger partial charge in [-0.1, -0.05) is 36.2 Å². The number of hydrogen-bond donors (Lipinski definition) is 1. The van der Waals surface area contributed by atoms with Crippen LogP contribution in [-0.4, -0.2) is 20.5 Å². The fraction of sp³-hybridized carbons (Fsp3) is 0.143. The molecule has 0 aliphatic rings. The van der Waals surface area contributed by atoms with Crippen molar-refractivity contribution in [3.63, 3.8) is 0 Å². The second-order valence-electron chi connectivity index (χ2n) is 4.43. The van der Waals surface area contributed by atoms with Crippen LogP contribution in [0.15, 0.2) is 23.6 Å². The number of carbonyl (C=O) groups is 1. The number of nitrogens with zero attached hydrogens (tertiary/aromatic N) is 2. The number of rotatable bonds is 3. The summed E-state index contributed by atoms with van der Waals surface area (Å²) in [6.45, 7) is 1.89. The minimum Gasteiger partial charge on any atom is -0.477 e. The summed E-state index contributed by atoms with van der Waals surface area (Å²) in [5, 5.41) is 12.2. The van der Waals surface area contributed by atoms with Crippen molar-refractivity contribution in [1.82, 2.24) is 9.38 Å². The molecule has 0 amide bonds. The second kappa shape index (κ2) is 5.33. The quantitative estimate of drug-likeness (QED) is 0.756. The molecule has 2 heterocycles. The van der Waals surface area contributed by atoms with Gasteiger partial charge in [0.25, 0.3) is 0 Å². The lowest BCUT2D eigenvalue weighted by molar-refractivity contribution is 0.0688. The van der Waals surface area contributed by atoms with Gasteiger partial charge in [0.1, 0.15) is 0 Å². The lowest BCUT2D eigenvalue weighted by Crippen LogP contribution is -2.05. The monoisotopic (exact) mass is 340 g/mol. The van der Waals surface area contributed by atoms with Crippen LogP contribution in [0.2, 0.25) is 10.0 Å². The van der Waals surface area contributed by atoms with Crippen molar-refractivity contribution in [2.24, 2.45) is 0 Å². The molecule has 0 aliphatic heterocycles. The average Bonchev–Trinajstić information content (AvgIpc) is 2.99. The van der Waals surface area contributed by atoms with Crippen LogP contribution >= 0.6 is 34.5 Å². The van der Waals surface area contributed by atoms with Gasteiger partial charge in [-0.05, 0) is 18.6 Å². The van der Waals surface area contributed by atoms with Gasteiger partial charge in [-0.3, -0.25) is 4.40 Å². The van der Waals surface area contributed by atoms with Crippen molar-refractivity contribution < 1.29 is 9.90 Å². The zero-order valence-electron chi connectivity index (χ0n) is 10.9. The highest BCUT2D eigenvalue weighted by Crippen LogP contribution is 2.32. The summed E-state index contributed by atoms with van der Waals surface area (Å²) < 4.78 is 1.66. The van der Waals surface area contributed by atoms with Crippen LogP contribution in [-0.2, 0) is 6.42 Å². The fourth-order valence-electron chi connectivity index (χ4n) is 2.23. The Morgan fingerprint density at radius 2 is 2.14 bits per heavy atom. The average molecular weight is 341 g/mol. The summed E-state index contributed by atoms with van der Waals surface area (Å²) in [4.78, 5) is 16.6. The summed E-state index contributed by atoms with van der Waals surface area (Å²) in [7, 11) is 0. The van der Waals surface area contributed by atoms with Crippen molar-refractivity contribution in [3.8, 4) is 11.3 Å². The summed E-state index contributed by atoms with van der Waals surface area (Å²) in [5.41, 5.74) is 2.34. The molecule has 0 saturated heterocycles. The predicted octanol–water partition coefficient (Wildman–Crippen LogP) is 4.63. The third-order valence-electron chi connectivity index (χ3n) is 3.19. The van der Waals surface area contributed by atoms with E-state index in [0.717, 1.165) is 11.3 Å². The minimum atomic E-state index is -0.987. The smallest absolute Gasteiger partial charge is 0.354 e. The molecule has 0 fully saturated rings. The molecule has 1 N–H and O–H groups in total. The Morgan fingerprint density at radius 3 is 2.76 bits per heavy atom. The van der Waals surface area contributed by atoms with Crippen molar-refractivity contribution in [3.05, 3.63) is 45.0 Å². The maximum Gasteiger partial charge on any atom is 0.354 e. The normalized spacial score (nSPS) is 11.2. The Bertz CT molecular complexity index is 854. The number of aromatic carboxylic acids is 1. The first-order valence-corrected chi connectivity index (χ1v) is 7.84. The zero-order valence-corrected chi connectivity index (χ0v) is 13.3. The van der Waals surface area contributed by atoms with E-state index in [1.54, 1.807) is 16.5 Å². The van der Waals surface area contributed by atoms with Crippen LogP contribution in [0, 0.1) is 0 Å². The lowest BCUT2D eigenvalue weighted by Gasteiger charge is -2.04. The molecule has 3 rings (SSSR count). The topological polar surface area (TPSA) is 54.6 Å².